The Morgan fingerprint density at radius 2 is 2.00 bits per heavy atom. The fourth-order valence-corrected chi connectivity index (χ4v) is 3.41. The van der Waals surface area contributed by atoms with E-state index in [-0.39, 0.29) is 35.7 Å². The van der Waals surface area contributed by atoms with Crippen molar-refractivity contribution < 1.29 is 14.3 Å². The highest BCUT2D eigenvalue weighted by atomic mass is 16.5. The number of hydrogen-bond acceptors (Lipinski definition) is 3. The van der Waals surface area contributed by atoms with Crippen LogP contribution in [-0.4, -0.2) is 24.5 Å². The first-order valence-electron chi connectivity index (χ1n) is 8.44. The van der Waals surface area contributed by atoms with E-state index in [1.807, 2.05) is 6.92 Å². The van der Waals surface area contributed by atoms with Crippen LogP contribution in [0.5, 0.6) is 0 Å². The van der Waals surface area contributed by atoms with E-state index in [1.165, 1.54) is 0 Å². The summed E-state index contributed by atoms with van der Waals surface area (Å²) < 4.78 is 5.39. The largest absolute Gasteiger partial charge is 0.465 e. The van der Waals surface area contributed by atoms with Crippen LogP contribution in [0.15, 0.2) is 0 Å². The molecule has 2 rings (SSSR count). The quantitative estimate of drug-likeness (QED) is 0.581. The van der Waals surface area contributed by atoms with Gasteiger partial charge >= 0.3 is 5.97 Å². The van der Waals surface area contributed by atoms with Crippen molar-refractivity contribution in [3.05, 3.63) is 0 Å². The van der Waals surface area contributed by atoms with Gasteiger partial charge < -0.3 is 10.1 Å². The zero-order valence-electron chi connectivity index (χ0n) is 13.5. The van der Waals surface area contributed by atoms with Crippen LogP contribution in [-0.2, 0) is 14.3 Å². The Hall–Kier alpha value is -1.50. The monoisotopic (exact) mass is 305 g/mol. The molecule has 4 heteroatoms. The molecule has 0 aromatic rings. The molecule has 0 aromatic carbocycles. The number of ether oxygens (including phenoxy) is 1. The van der Waals surface area contributed by atoms with Gasteiger partial charge in [0, 0.05) is 23.8 Å². The number of carbonyl (C=O) groups excluding carboxylic acids is 2. The molecule has 2 aliphatic carbocycles. The maximum Gasteiger partial charge on any atom is 0.307 e. The van der Waals surface area contributed by atoms with Crippen molar-refractivity contribution in [2.75, 3.05) is 6.61 Å². The Balaban J connectivity index is 1.67. The van der Waals surface area contributed by atoms with Crippen LogP contribution in [0.3, 0.4) is 0 Å². The third-order valence-corrected chi connectivity index (χ3v) is 5.02. The van der Waals surface area contributed by atoms with Gasteiger partial charge in [0.1, 0.15) is 0 Å². The molecule has 0 bridgehead atoms. The molecule has 122 valence electrons. The van der Waals surface area contributed by atoms with E-state index in [0.717, 1.165) is 44.9 Å². The van der Waals surface area contributed by atoms with Gasteiger partial charge in [0.05, 0.1) is 13.0 Å². The first-order chi connectivity index (χ1) is 10.5. The summed E-state index contributed by atoms with van der Waals surface area (Å²) in [6.07, 6.45) is 13.7. The number of nitrogens with one attached hydrogen (secondary N) is 1. The molecule has 2 saturated carbocycles. The van der Waals surface area contributed by atoms with Gasteiger partial charge in [-0.1, -0.05) is 19.3 Å². The third-order valence-electron chi connectivity index (χ3n) is 5.02. The van der Waals surface area contributed by atoms with E-state index in [2.05, 4.69) is 11.2 Å². The lowest BCUT2D eigenvalue weighted by atomic mass is 9.67. The molecule has 1 N–H and O–H groups in total. The van der Waals surface area contributed by atoms with Crippen molar-refractivity contribution >= 4 is 11.9 Å². The fourth-order valence-electron chi connectivity index (χ4n) is 3.41. The van der Waals surface area contributed by atoms with E-state index in [4.69, 9.17) is 11.2 Å². The minimum Gasteiger partial charge on any atom is -0.465 e. The highest BCUT2D eigenvalue weighted by Gasteiger charge is 2.37. The Morgan fingerprint density at radius 1 is 1.32 bits per heavy atom. The second-order valence-corrected chi connectivity index (χ2v) is 6.99. The molecule has 0 spiro atoms. The molecule has 2 fully saturated rings. The third kappa shape index (κ3) is 4.50. The summed E-state index contributed by atoms with van der Waals surface area (Å²) in [5, 5.41) is 2.93. The first kappa shape index (κ1) is 16.9. The van der Waals surface area contributed by atoms with Crippen molar-refractivity contribution in [3.63, 3.8) is 0 Å². The summed E-state index contributed by atoms with van der Waals surface area (Å²) in [5.74, 6) is 2.65. The predicted molar refractivity (Wildman–Crippen MR) is 84.9 cm³/mol. The average Bonchev–Trinajstić information content (AvgIpc) is 2.95. The molecule has 1 atom stereocenters. The number of esters is 1. The second kappa shape index (κ2) is 7.67. The van der Waals surface area contributed by atoms with Gasteiger partial charge in [0.15, 0.2) is 0 Å². The van der Waals surface area contributed by atoms with Gasteiger partial charge in [-0.25, -0.2) is 0 Å². The van der Waals surface area contributed by atoms with Crippen LogP contribution in [0.2, 0.25) is 0 Å². The Morgan fingerprint density at radius 3 is 2.55 bits per heavy atom. The van der Waals surface area contributed by atoms with Crippen LogP contribution in [0.25, 0.3) is 0 Å². The fraction of sp³-hybridized carbons (Fsp3) is 0.778. The second-order valence-electron chi connectivity index (χ2n) is 6.99. The van der Waals surface area contributed by atoms with Gasteiger partial charge in [-0.3, -0.25) is 9.59 Å². The lowest BCUT2D eigenvalue weighted by Crippen LogP contribution is -2.39. The molecular formula is C18H27NO3. The number of terminal acetylenes is 1. The van der Waals surface area contributed by atoms with Crippen LogP contribution in [0.1, 0.15) is 64.7 Å². The van der Waals surface area contributed by atoms with E-state index in [9.17, 15) is 9.59 Å². The van der Waals surface area contributed by atoms with Crippen LogP contribution < -0.4 is 5.32 Å². The minimum atomic E-state index is -0.248. The normalized spacial score (nSPS) is 21.5. The van der Waals surface area contributed by atoms with Crippen LogP contribution in [0.4, 0.5) is 0 Å². The van der Waals surface area contributed by atoms with Crippen molar-refractivity contribution in [3.8, 4) is 12.3 Å². The Labute approximate surface area is 133 Å². The number of amides is 1. The lowest BCUT2D eigenvalue weighted by Gasteiger charge is -2.39. The number of rotatable bonds is 7. The highest BCUT2D eigenvalue weighted by Crippen LogP contribution is 2.43. The van der Waals surface area contributed by atoms with Crippen molar-refractivity contribution in [1.82, 2.24) is 5.32 Å². The summed E-state index contributed by atoms with van der Waals surface area (Å²) in [6, 6.07) is -0.175. The molecule has 2 aliphatic rings. The summed E-state index contributed by atoms with van der Waals surface area (Å²) in [6.45, 7) is 2.27. The summed E-state index contributed by atoms with van der Waals surface area (Å²) in [4.78, 5) is 23.9. The van der Waals surface area contributed by atoms with E-state index < -0.39 is 0 Å². The zero-order chi connectivity index (χ0) is 16.0. The van der Waals surface area contributed by atoms with Crippen molar-refractivity contribution in [2.24, 2.45) is 11.3 Å². The van der Waals surface area contributed by atoms with Gasteiger partial charge in [0.2, 0.25) is 5.91 Å². The molecule has 0 aliphatic heterocycles. The summed E-state index contributed by atoms with van der Waals surface area (Å²) >= 11 is 0. The topological polar surface area (TPSA) is 55.4 Å². The van der Waals surface area contributed by atoms with Gasteiger partial charge in [-0.2, -0.15) is 0 Å². The molecule has 0 heterocycles. The Kier molecular flexibility index (Phi) is 5.88. The summed E-state index contributed by atoms with van der Waals surface area (Å²) in [5.41, 5.74) is 0.0146. The highest BCUT2D eigenvalue weighted by molar-refractivity contribution is 5.80. The van der Waals surface area contributed by atoms with Crippen LogP contribution in [0, 0.1) is 23.7 Å². The maximum absolute atomic E-state index is 12.0. The van der Waals surface area contributed by atoms with E-state index >= 15 is 0 Å². The minimum absolute atomic E-state index is 0.0146. The summed E-state index contributed by atoms with van der Waals surface area (Å²) in [7, 11) is 0. The lowest BCUT2D eigenvalue weighted by molar-refractivity contribution is -0.150. The van der Waals surface area contributed by atoms with Crippen LogP contribution >= 0.6 is 0 Å². The Bertz CT molecular complexity index is 442. The van der Waals surface area contributed by atoms with E-state index in [0.29, 0.717) is 13.0 Å². The van der Waals surface area contributed by atoms with Gasteiger partial charge in [-0.15, -0.1) is 12.3 Å². The van der Waals surface area contributed by atoms with Gasteiger partial charge in [-0.05, 0) is 32.6 Å². The molecule has 0 aromatic heterocycles. The SMILES string of the molecule is C#CCC1(COC(=O)C[C@@H](C)NC(=O)C2CCCC2)CCC1. The molecule has 0 radical (unpaired) electrons. The van der Waals surface area contributed by atoms with Crippen molar-refractivity contribution in [1.29, 1.82) is 0 Å². The zero-order valence-corrected chi connectivity index (χ0v) is 13.5. The molecule has 4 nitrogen and oxygen atoms in total. The van der Waals surface area contributed by atoms with Gasteiger partial charge in [0.25, 0.3) is 0 Å². The number of carbonyl (C=O) groups is 2. The first-order valence-corrected chi connectivity index (χ1v) is 8.44. The maximum atomic E-state index is 12.0. The standard InChI is InChI=1S/C18H27NO3/c1-3-9-18(10-6-11-18)13-22-16(20)12-14(2)19-17(21)15-7-4-5-8-15/h1,14-15H,4-13H2,2H3,(H,19,21)/t14-/m1/s1. The number of hydrogen-bond donors (Lipinski definition) is 1. The molecule has 1 amide bonds. The average molecular weight is 305 g/mol. The molecule has 0 saturated heterocycles. The smallest absolute Gasteiger partial charge is 0.307 e. The molecule has 0 unspecified atom stereocenters. The predicted octanol–water partition coefficient (Wildman–Crippen LogP) is 2.81. The molecular weight excluding hydrogens is 278 g/mol. The van der Waals surface area contributed by atoms with Crippen molar-refractivity contribution in [2.45, 2.75) is 70.8 Å². The van der Waals surface area contributed by atoms with E-state index in [1.54, 1.807) is 0 Å². The molecule has 22 heavy (non-hydrogen) atoms.